The number of hydrogen-bond donors (Lipinski definition) is 1. The lowest BCUT2D eigenvalue weighted by molar-refractivity contribution is 0.589. The molecule has 1 aliphatic rings. The minimum absolute atomic E-state index is 0.0493. The Morgan fingerprint density at radius 1 is 1.38 bits per heavy atom. The number of rotatable bonds is 1. The Morgan fingerprint density at radius 2 is 2.15 bits per heavy atom. The van der Waals surface area contributed by atoms with Crippen LogP contribution in [0.5, 0.6) is 0 Å². The summed E-state index contributed by atoms with van der Waals surface area (Å²) in [4.78, 5) is 0.447. The molecule has 0 spiro atoms. The average Bonchev–Trinajstić information content (AvgIpc) is 2.24. The molecule has 0 aliphatic carbocycles. The van der Waals surface area contributed by atoms with Crippen LogP contribution in [-0.2, 0) is 0 Å². The Hall–Kier alpha value is -0.730. The van der Waals surface area contributed by atoms with Gasteiger partial charge in [-0.25, -0.2) is 0 Å². The monoisotopic (exact) mass is 204 g/mol. The molecule has 1 aromatic rings. The predicted octanol–water partition coefficient (Wildman–Crippen LogP) is 1.75. The molecule has 1 heterocycles. The molecule has 0 atom stereocenters. The Balaban J connectivity index is 2.67. The number of hydrogen-bond acceptors (Lipinski definition) is 2. The fourth-order valence-electron chi connectivity index (χ4n) is 0.971. The SMILES string of the molecule is [2H]C1([2H])NC([2H])([2H])C([2H])([2H])N(c2cccc(Cl)c2)C1([2H])[2H]. The fraction of sp³-hybridized carbons (Fsp3) is 0.400. The lowest BCUT2D eigenvalue weighted by atomic mass is 10.2. The third-order valence-electron chi connectivity index (χ3n) is 1.53. The van der Waals surface area contributed by atoms with E-state index in [4.69, 9.17) is 22.6 Å². The summed E-state index contributed by atoms with van der Waals surface area (Å²) in [5, 5.41) is 1.98. The van der Waals surface area contributed by atoms with Crippen molar-refractivity contribution in [2.45, 2.75) is 0 Å². The minimum Gasteiger partial charge on any atom is -0.369 e. The summed E-state index contributed by atoms with van der Waals surface area (Å²) in [5.74, 6) is 0. The van der Waals surface area contributed by atoms with Crippen LogP contribution in [0.4, 0.5) is 5.69 Å². The second-order valence-corrected chi connectivity index (χ2v) is 2.85. The zero-order valence-electron chi connectivity index (χ0n) is 14.6. The number of benzene rings is 1. The van der Waals surface area contributed by atoms with Crippen molar-refractivity contribution in [3.8, 4) is 0 Å². The molecule has 0 radical (unpaired) electrons. The lowest BCUT2D eigenvalue weighted by Crippen LogP contribution is -2.43. The van der Waals surface area contributed by atoms with Gasteiger partial charge >= 0.3 is 0 Å². The van der Waals surface area contributed by atoms with Crippen molar-refractivity contribution >= 4 is 17.3 Å². The van der Waals surface area contributed by atoms with E-state index >= 15 is 0 Å². The van der Waals surface area contributed by atoms with Crippen LogP contribution in [0.25, 0.3) is 0 Å². The normalized spacial score (nSPS) is 42.1. The van der Waals surface area contributed by atoms with Crippen molar-refractivity contribution in [3.05, 3.63) is 29.3 Å². The molecule has 1 aromatic carbocycles. The highest BCUT2D eigenvalue weighted by atomic mass is 35.5. The molecule has 3 heteroatoms. The summed E-state index contributed by atoms with van der Waals surface area (Å²) >= 11 is 5.82. The van der Waals surface area contributed by atoms with Crippen molar-refractivity contribution in [2.24, 2.45) is 0 Å². The van der Waals surface area contributed by atoms with Crippen LogP contribution < -0.4 is 10.2 Å². The largest absolute Gasteiger partial charge is 0.369 e. The van der Waals surface area contributed by atoms with Crippen LogP contribution in [-0.4, -0.2) is 26.0 Å². The van der Waals surface area contributed by atoms with Gasteiger partial charge in [0.1, 0.15) is 0 Å². The van der Waals surface area contributed by atoms with Crippen LogP contribution in [0.3, 0.4) is 0 Å². The maximum absolute atomic E-state index is 7.93. The number of anilines is 1. The summed E-state index contributed by atoms with van der Waals surface area (Å²) in [6.45, 7) is -11.3. The summed E-state index contributed by atoms with van der Waals surface area (Å²) in [5.41, 5.74) is -0.0493. The maximum Gasteiger partial charge on any atom is 0.0506 e. The van der Waals surface area contributed by atoms with Gasteiger partial charge in [0.2, 0.25) is 0 Å². The smallest absolute Gasteiger partial charge is 0.0506 e. The zero-order chi connectivity index (χ0) is 16.3. The van der Waals surface area contributed by atoms with Gasteiger partial charge in [-0.15, -0.1) is 0 Å². The van der Waals surface area contributed by atoms with Crippen molar-refractivity contribution in [1.82, 2.24) is 5.32 Å². The van der Waals surface area contributed by atoms with Crippen molar-refractivity contribution in [1.29, 1.82) is 0 Å². The standard InChI is InChI=1S/C10H13ClN2/c11-9-2-1-3-10(8-9)13-6-4-12-5-7-13/h1-3,8,12H,4-7H2/i4D2,5D2,6D2,7D2. The number of nitrogens with zero attached hydrogens (tertiary/aromatic N) is 1. The minimum atomic E-state index is -2.84. The third kappa shape index (κ3) is 2.14. The molecule has 1 aliphatic heterocycles. The first-order valence-corrected chi connectivity index (χ1v) is 4.06. The second kappa shape index (κ2) is 3.99. The van der Waals surface area contributed by atoms with Crippen LogP contribution in [0, 0.1) is 0 Å². The Morgan fingerprint density at radius 3 is 2.85 bits per heavy atom. The average molecular weight is 205 g/mol. The number of halogens is 1. The van der Waals surface area contributed by atoms with E-state index in [0.29, 0.717) is 4.90 Å². The lowest BCUT2D eigenvalue weighted by Gasteiger charge is -2.29. The van der Waals surface area contributed by atoms with E-state index in [1.165, 1.54) is 24.3 Å². The van der Waals surface area contributed by atoms with Gasteiger partial charge in [0, 0.05) is 42.2 Å². The van der Waals surface area contributed by atoms with E-state index in [1.54, 1.807) is 5.32 Å². The zero-order valence-corrected chi connectivity index (χ0v) is 7.39. The Bertz CT molecular complexity index is 536. The van der Waals surface area contributed by atoms with Gasteiger partial charge in [0.25, 0.3) is 0 Å². The van der Waals surface area contributed by atoms with E-state index in [9.17, 15) is 0 Å². The summed E-state index contributed by atoms with van der Waals surface area (Å²) in [6.07, 6.45) is 0. The molecule has 13 heavy (non-hydrogen) atoms. The molecule has 1 N–H and O–H groups in total. The molecule has 0 bridgehead atoms. The van der Waals surface area contributed by atoms with Crippen LogP contribution >= 0.6 is 11.6 Å². The van der Waals surface area contributed by atoms with Gasteiger partial charge in [0.15, 0.2) is 0 Å². The van der Waals surface area contributed by atoms with Crippen LogP contribution in [0.15, 0.2) is 24.3 Å². The van der Waals surface area contributed by atoms with E-state index in [0.717, 1.165) is 0 Å². The molecule has 70 valence electrons. The first kappa shape index (κ1) is 3.44. The van der Waals surface area contributed by atoms with Crippen LogP contribution in [0.2, 0.25) is 5.02 Å². The molecule has 1 fully saturated rings. The molecule has 1 saturated heterocycles. The van der Waals surface area contributed by atoms with Crippen molar-refractivity contribution in [2.75, 3.05) is 30.9 Å². The van der Waals surface area contributed by atoms with E-state index in [2.05, 4.69) is 0 Å². The predicted molar refractivity (Wildman–Crippen MR) is 56.5 cm³/mol. The van der Waals surface area contributed by atoms with Crippen molar-refractivity contribution < 1.29 is 11.0 Å². The molecule has 0 amide bonds. The topological polar surface area (TPSA) is 15.3 Å². The first-order chi connectivity index (χ1) is 9.33. The van der Waals surface area contributed by atoms with Gasteiger partial charge < -0.3 is 10.2 Å². The van der Waals surface area contributed by atoms with Gasteiger partial charge in [-0.1, -0.05) is 17.7 Å². The summed E-state index contributed by atoms with van der Waals surface area (Å²) in [7, 11) is 0. The maximum atomic E-state index is 7.93. The fourth-order valence-corrected chi connectivity index (χ4v) is 1.16. The van der Waals surface area contributed by atoms with Gasteiger partial charge in [-0.2, -0.15) is 0 Å². The quantitative estimate of drug-likeness (QED) is 0.750. The van der Waals surface area contributed by atoms with E-state index in [1.807, 2.05) is 0 Å². The van der Waals surface area contributed by atoms with Gasteiger partial charge in [0.05, 0.1) is 5.48 Å². The second-order valence-electron chi connectivity index (χ2n) is 2.41. The molecular formula is C10H13ClN2. The van der Waals surface area contributed by atoms with Gasteiger partial charge in [-0.05, 0) is 18.2 Å². The molecular weight excluding hydrogens is 184 g/mol. The highest BCUT2D eigenvalue weighted by Crippen LogP contribution is 2.19. The highest BCUT2D eigenvalue weighted by molar-refractivity contribution is 6.30. The number of piperazine rings is 1. The Labute approximate surface area is 94.7 Å². The van der Waals surface area contributed by atoms with Crippen LogP contribution in [0.1, 0.15) is 11.0 Å². The molecule has 2 rings (SSSR count). The summed E-state index contributed by atoms with van der Waals surface area (Å²) < 4.78 is 62.5. The number of nitrogens with one attached hydrogen (secondary N) is 1. The first-order valence-electron chi connectivity index (χ1n) is 7.68. The molecule has 0 unspecified atom stereocenters. The Kier molecular flexibility index (Phi) is 1.06. The van der Waals surface area contributed by atoms with Gasteiger partial charge in [-0.3, -0.25) is 0 Å². The summed E-state index contributed by atoms with van der Waals surface area (Å²) in [6, 6.07) is 5.56. The molecule has 0 aromatic heterocycles. The molecule has 0 saturated carbocycles. The van der Waals surface area contributed by atoms with E-state index in [-0.39, 0.29) is 10.7 Å². The van der Waals surface area contributed by atoms with E-state index < -0.39 is 26.0 Å². The van der Waals surface area contributed by atoms with Crippen molar-refractivity contribution in [3.63, 3.8) is 0 Å². The molecule has 2 nitrogen and oxygen atoms in total. The third-order valence-corrected chi connectivity index (χ3v) is 1.76. The highest BCUT2D eigenvalue weighted by Gasteiger charge is 2.09.